The van der Waals surface area contributed by atoms with Gasteiger partial charge in [-0.15, -0.1) is 0 Å². The average molecular weight is 376 g/mol. The minimum atomic E-state index is -4.72. The molecule has 1 saturated heterocycles. The predicted molar refractivity (Wildman–Crippen MR) is 80.2 cm³/mol. The molecule has 11 heteroatoms. The summed E-state index contributed by atoms with van der Waals surface area (Å²) in [7, 11) is 0. The highest BCUT2D eigenvalue weighted by atomic mass is 19.4. The Labute approximate surface area is 145 Å². The molecule has 0 aliphatic carbocycles. The molecular weight excluding hydrogens is 360 g/mol. The average Bonchev–Trinajstić information content (AvgIpc) is 3.12. The number of alkyl halides is 4. The summed E-state index contributed by atoms with van der Waals surface area (Å²) < 4.78 is 66.2. The van der Waals surface area contributed by atoms with Crippen molar-refractivity contribution in [3.63, 3.8) is 0 Å². The van der Waals surface area contributed by atoms with Crippen molar-refractivity contribution in [1.82, 2.24) is 20.0 Å². The van der Waals surface area contributed by atoms with Crippen LogP contribution in [0.1, 0.15) is 5.89 Å². The third-order valence-corrected chi connectivity index (χ3v) is 3.63. The lowest BCUT2D eigenvalue weighted by atomic mass is 10.2. The van der Waals surface area contributed by atoms with Gasteiger partial charge in [0.15, 0.2) is 0 Å². The fraction of sp³-hybridized carbons (Fsp3) is 0.533. The van der Waals surface area contributed by atoms with E-state index in [0.29, 0.717) is 26.3 Å². The van der Waals surface area contributed by atoms with Crippen LogP contribution in [0.5, 0.6) is 5.88 Å². The zero-order chi connectivity index (χ0) is 18.6. The molecule has 3 rings (SSSR count). The van der Waals surface area contributed by atoms with Crippen LogP contribution in [0.2, 0.25) is 0 Å². The molecule has 142 valence electrons. The van der Waals surface area contributed by atoms with E-state index in [0.717, 1.165) is 0 Å². The number of halogens is 4. The highest BCUT2D eigenvalue weighted by molar-refractivity contribution is 5.55. The van der Waals surface area contributed by atoms with Crippen LogP contribution in [0.15, 0.2) is 22.9 Å². The largest absolute Gasteiger partial charge is 0.474 e. The van der Waals surface area contributed by atoms with Crippen molar-refractivity contribution in [2.45, 2.75) is 12.3 Å². The smallest absolute Gasteiger partial charge is 0.471 e. The highest BCUT2D eigenvalue weighted by Gasteiger charge is 2.38. The molecule has 2 aromatic heterocycles. The second-order valence-electron chi connectivity index (χ2n) is 5.62. The molecule has 3 heterocycles. The molecule has 0 saturated carbocycles. The number of rotatable bonds is 6. The third kappa shape index (κ3) is 4.88. The molecule has 0 amide bonds. The van der Waals surface area contributed by atoms with E-state index in [1.807, 2.05) is 4.90 Å². The normalized spacial score (nSPS) is 17.2. The lowest BCUT2D eigenvalue weighted by Crippen LogP contribution is -2.41. The number of hydrogen-bond acceptors (Lipinski definition) is 7. The van der Waals surface area contributed by atoms with Crippen molar-refractivity contribution in [2.24, 2.45) is 0 Å². The molecule has 1 unspecified atom stereocenters. The van der Waals surface area contributed by atoms with Crippen molar-refractivity contribution < 1.29 is 31.6 Å². The molecule has 1 atom stereocenters. The molecule has 7 nitrogen and oxygen atoms in total. The Bertz CT molecular complexity index is 719. The van der Waals surface area contributed by atoms with Crippen LogP contribution in [-0.2, 0) is 10.9 Å². The van der Waals surface area contributed by atoms with Crippen molar-refractivity contribution in [3.05, 3.63) is 24.2 Å². The fourth-order valence-corrected chi connectivity index (χ4v) is 2.38. The molecule has 1 fully saturated rings. The van der Waals surface area contributed by atoms with Gasteiger partial charge in [0, 0.05) is 37.5 Å². The maximum Gasteiger partial charge on any atom is 0.471 e. The van der Waals surface area contributed by atoms with Crippen molar-refractivity contribution in [3.8, 4) is 17.3 Å². The van der Waals surface area contributed by atoms with E-state index in [9.17, 15) is 17.6 Å². The molecule has 0 aromatic carbocycles. The van der Waals surface area contributed by atoms with Crippen molar-refractivity contribution >= 4 is 0 Å². The SMILES string of the molecule is FC(COc1cc(-c2noc(C(F)(F)F)n2)ccn1)CN1CCOCC1. The maximum atomic E-state index is 14.0. The Morgan fingerprint density at radius 2 is 2.04 bits per heavy atom. The molecule has 1 aliphatic heterocycles. The first-order valence-electron chi connectivity index (χ1n) is 7.86. The van der Waals surface area contributed by atoms with Crippen LogP contribution >= 0.6 is 0 Å². The van der Waals surface area contributed by atoms with E-state index in [-0.39, 0.29) is 30.4 Å². The van der Waals surface area contributed by atoms with Gasteiger partial charge in [-0.25, -0.2) is 9.37 Å². The monoisotopic (exact) mass is 376 g/mol. The van der Waals surface area contributed by atoms with E-state index >= 15 is 0 Å². The summed E-state index contributed by atoms with van der Waals surface area (Å²) in [6.07, 6.45) is -4.65. The van der Waals surface area contributed by atoms with Gasteiger partial charge in [-0.1, -0.05) is 5.16 Å². The highest BCUT2D eigenvalue weighted by Crippen LogP contribution is 2.29. The van der Waals surface area contributed by atoms with Gasteiger partial charge in [-0.05, 0) is 6.07 Å². The first-order valence-corrected chi connectivity index (χ1v) is 7.86. The Balaban J connectivity index is 1.58. The van der Waals surface area contributed by atoms with Crippen LogP contribution in [0.4, 0.5) is 17.6 Å². The summed E-state index contributed by atoms with van der Waals surface area (Å²) in [6.45, 7) is 2.45. The van der Waals surface area contributed by atoms with Crippen LogP contribution < -0.4 is 4.74 Å². The van der Waals surface area contributed by atoms with Crippen LogP contribution in [0.3, 0.4) is 0 Å². The predicted octanol–water partition coefficient (Wildman–Crippen LogP) is 2.20. The lowest BCUT2D eigenvalue weighted by Gasteiger charge is -2.27. The molecule has 0 N–H and O–H groups in total. The van der Waals surface area contributed by atoms with Crippen LogP contribution in [0.25, 0.3) is 11.4 Å². The Hall–Kier alpha value is -2.27. The topological polar surface area (TPSA) is 73.5 Å². The molecule has 1 aliphatic rings. The maximum absolute atomic E-state index is 14.0. The zero-order valence-electron chi connectivity index (χ0n) is 13.6. The van der Waals surface area contributed by atoms with Gasteiger partial charge < -0.3 is 14.0 Å². The van der Waals surface area contributed by atoms with Crippen molar-refractivity contribution in [2.75, 3.05) is 39.5 Å². The van der Waals surface area contributed by atoms with Crippen LogP contribution in [0, 0.1) is 0 Å². The molecule has 0 radical (unpaired) electrons. The number of aromatic nitrogens is 3. The second-order valence-corrected chi connectivity index (χ2v) is 5.62. The Kier molecular flexibility index (Phi) is 5.67. The minimum Gasteiger partial charge on any atom is -0.474 e. The number of hydrogen-bond donors (Lipinski definition) is 0. The van der Waals surface area contributed by atoms with Gasteiger partial charge in [0.25, 0.3) is 0 Å². The summed E-state index contributed by atoms with van der Waals surface area (Å²) in [4.78, 5) is 9.13. The second kappa shape index (κ2) is 7.96. The summed E-state index contributed by atoms with van der Waals surface area (Å²) in [5.41, 5.74) is 0.220. The molecule has 2 aromatic rings. The molecule has 26 heavy (non-hydrogen) atoms. The van der Waals surface area contributed by atoms with E-state index < -0.39 is 18.2 Å². The molecular formula is C15H16F4N4O3. The van der Waals surface area contributed by atoms with Crippen LogP contribution in [-0.4, -0.2) is 65.7 Å². The third-order valence-electron chi connectivity index (χ3n) is 3.63. The van der Waals surface area contributed by atoms with E-state index in [1.165, 1.54) is 18.3 Å². The Morgan fingerprint density at radius 3 is 2.73 bits per heavy atom. The van der Waals surface area contributed by atoms with Gasteiger partial charge in [0.05, 0.1) is 13.2 Å². The quantitative estimate of drug-likeness (QED) is 0.716. The summed E-state index contributed by atoms with van der Waals surface area (Å²) >= 11 is 0. The minimum absolute atomic E-state index is 0.0606. The van der Waals surface area contributed by atoms with Gasteiger partial charge in [0.2, 0.25) is 11.7 Å². The number of ether oxygens (including phenoxy) is 2. The first-order chi connectivity index (χ1) is 12.4. The number of nitrogens with zero attached hydrogens (tertiary/aromatic N) is 4. The fourth-order valence-electron chi connectivity index (χ4n) is 2.38. The standard InChI is InChI=1S/C15H16F4N4O3/c16-11(8-23-3-5-24-6-4-23)9-25-12-7-10(1-2-20-12)13-21-14(26-22-13)15(17,18)19/h1-2,7,11H,3-6,8-9H2. The van der Waals surface area contributed by atoms with E-state index in [2.05, 4.69) is 19.6 Å². The summed E-state index contributed by atoms with van der Waals surface area (Å²) in [5.74, 6) is -1.64. The summed E-state index contributed by atoms with van der Waals surface area (Å²) in [5, 5.41) is 3.28. The lowest BCUT2D eigenvalue weighted by molar-refractivity contribution is -0.159. The van der Waals surface area contributed by atoms with Crippen molar-refractivity contribution in [1.29, 1.82) is 0 Å². The number of pyridine rings is 1. The summed E-state index contributed by atoms with van der Waals surface area (Å²) in [6, 6.07) is 2.73. The van der Waals surface area contributed by atoms with Gasteiger partial charge in [-0.2, -0.15) is 18.2 Å². The van der Waals surface area contributed by atoms with Gasteiger partial charge >= 0.3 is 12.1 Å². The zero-order valence-corrected chi connectivity index (χ0v) is 13.6. The van der Waals surface area contributed by atoms with Gasteiger partial charge in [-0.3, -0.25) is 4.90 Å². The van der Waals surface area contributed by atoms with Gasteiger partial charge in [0.1, 0.15) is 12.8 Å². The first kappa shape index (κ1) is 18.5. The van der Waals surface area contributed by atoms with E-state index in [1.54, 1.807) is 0 Å². The molecule has 0 bridgehead atoms. The molecule has 0 spiro atoms. The Morgan fingerprint density at radius 1 is 1.27 bits per heavy atom. The number of morpholine rings is 1. The van der Waals surface area contributed by atoms with E-state index in [4.69, 9.17) is 9.47 Å².